The Kier molecular flexibility index (Phi) is 5.12. The summed E-state index contributed by atoms with van der Waals surface area (Å²) < 4.78 is 37.3. The van der Waals surface area contributed by atoms with Gasteiger partial charge in [0.15, 0.2) is 11.5 Å². The molecule has 1 aliphatic heterocycles. The monoisotopic (exact) mass is 382 g/mol. The summed E-state index contributed by atoms with van der Waals surface area (Å²) in [4.78, 5) is 12.0. The summed E-state index contributed by atoms with van der Waals surface area (Å²) in [5.74, 6) is 0.632. The van der Waals surface area contributed by atoms with Crippen molar-refractivity contribution in [3.05, 3.63) is 47.5 Å². The number of hydrogen-bond donors (Lipinski definition) is 2. The molecule has 0 radical (unpaired) electrons. The number of rotatable bonds is 5. The summed E-state index contributed by atoms with van der Waals surface area (Å²) in [6, 6.07) is 10.6. The molecular weight excluding hydrogens is 368 g/mol. The molecule has 7 nitrogen and oxygen atoms in total. The van der Waals surface area contributed by atoms with Crippen molar-refractivity contribution in [3.8, 4) is 11.5 Å². The van der Waals surface area contributed by atoms with Gasteiger partial charge in [0.1, 0.15) is 13.2 Å². The fourth-order valence-electron chi connectivity index (χ4n) is 2.18. The van der Waals surface area contributed by atoms with Gasteiger partial charge in [-0.15, -0.1) is 0 Å². The van der Waals surface area contributed by atoms with E-state index in [1.54, 1.807) is 18.2 Å². The van der Waals surface area contributed by atoms with Crippen molar-refractivity contribution in [2.75, 3.05) is 25.1 Å². The standard InChI is InChI=1S/C16H15ClN2O5S/c17-11-1-4-13(5-2-11)25(21,22)18-10-16(20)19-12-3-6-14-15(9-12)24-8-7-23-14/h1-6,9,18H,7-8,10H2,(H,19,20). The topological polar surface area (TPSA) is 93.7 Å². The fourth-order valence-corrected chi connectivity index (χ4v) is 3.29. The van der Waals surface area contributed by atoms with E-state index in [9.17, 15) is 13.2 Å². The summed E-state index contributed by atoms with van der Waals surface area (Å²) in [6.45, 7) is 0.510. The SMILES string of the molecule is O=C(CNS(=O)(=O)c1ccc(Cl)cc1)Nc1ccc2c(c1)OCCO2. The van der Waals surface area contributed by atoms with E-state index >= 15 is 0 Å². The van der Waals surface area contributed by atoms with Gasteiger partial charge in [0, 0.05) is 16.8 Å². The van der Waals surface area contributed by atoms with E-state index in [-0.39, 0.29) is 4.90 Å². The Balaban J connectivity index is 1.60. The Morgan fingerprint density at radius 3 is 2.44 bits per heavy atom. The summed E-state index contributed by atoms with van der Waals surface area (Å²) >= 11 is 5.73. The van der Waals surface area contributed by atoms with E-state index in [0.717, 1.165) is 0 Å². The molecule has 0 bridgehead atoms. The Morgan fingerprint density at radius 1 is 1.04 bits per heavy atom. The molecule has 0 spiro atoms. The maximum atomic E-state index is 12.1. The zero-order valence-corrected chi connectivity index (χ0v) is 14.6. The number of nitrogens with one attached hydrogen (secondary N) is 2. The van der Waals surface area contributed by atoms with Crippen molar-refractivity contribution in [2.24, 2.45) is 0 Å². The second kappa shape index (κ2) is 7.30. The first-order valence-corrected chi connectivity index (χ1v) is 9.25. The molecule has 2 N–H and O–H groups in total. The van der Waals surface area contributed by atoms with Crippen LogP contribution in [0.15, 0.2) is 47.4 Å². The summed E-state index contributed by atoms with van der Waals surface area (Å²) in [6.07, 6.45) is 0. The van der Waals surface area contributed by atoms with Crippen LogP contribution in [0.5, 0.6) is 11.5 Å². The molecule has 1 amide bonds. The number of amides is 1. The molecule has 9 heteroatoms. The molecule has 3 rings (SSSR count). The largest absolute Gasteiger partial charge is 0.486 e. The highest BCUT2D eigenvalue weighted by atomic mass is 35.5. The Morgan fingerprint density at radius 2 is 1.72 bits per heavy atom. The van der Waals surface area contributed by atoms with Crippen LogP contribution in [-0.4, -0.2) is 34.1 Å². The summed E-state index contributed by atoms with van der Waals surface area (Å²) in [5.41, 5.74) is 0.486. The van der Waals surface area contributed by atoms with Crippen LogP contribution in [0, 0.1) is 0 Å². The molecule has 2 aromatic carbocycles. The molecule has 25 heavy (non-hydrogen) atoms. The lowest BCUT2D eigenvalue weighted by atomic mass is 10.2. The summed E-state index contributed by atoms with van der Waals surface area (Å²) in [7, 11) is -3.79. The first-order chi connectivity index (χ1) is 11.9. The van der Waals surface area contributed by atoms with Crippen molar-refractivity contribution >= 4 is 33.2 Å². The van der Waals surface area contributed by atoms with Gasteiger partial charge in [-0.3, -0.25) is 4.79 Å². The molecule has 0 atom stereocenters. The van der Waals surface area contributed by atoms with Crippen LogP contribution in [0.1, 0.15) is 0 Å². The van der Waals surface area contributed by atoms with E-state index in [1.807, 2.05) is 0 Å². The predicted molar refractivity (Wildman–Crippen MR) is 92.7 cm³/mol. The Labute approximate surface area is 149 Å². The molecule has 0 aromatic heterocycles. The van der Waals surface area contributed by atoms with Gasteiger partial charge in [-0.25, -0.2) is 13.1 Å². The molecule has 2 aromatic rings. The van der Waals surface area contributed by atoms with E-state index in [2.05, 4.69) is 10.0 Å². The highest BCUT2D eigenvalue weighted by molar-refractivity contribution is 7.89. The van der Waals surface area contributed by atoms with Crippen molar-refractivity contribution in [1.82, 2.24) is 4.72 Å². The van der Waals surface area contributed by atoms with Gasteiger partial charge >= 0.3 is 0 Å². The number of sulfonamides is 1. The van der Waals surface area contributed by atoms with Crippen molar-refractivity contribution in [1.29, 1.82) is 0 Å². The third-order valence-electron chi connectivity index (χ3n) is 3.37. The summed E-state index contributed by atoms with van der Waals surface area (Å²) in [5, 5.41) is 3.03. The van der Waals surface area contributed by atoms with Crippen LogP contribution < -0.4 is 19.5 Å². The number of benzene rings is 2. The second-order valence-electron chi connectivity index (χ2n) is 5.19. The van der Waals surface area contributed by atoms with Gasteiger partial charge in [-0.2, -0.15) is 0 Å². The average molecular weight is 383 g/mol. The molecule has 0 saturated carbocycles. The number of carbonyl (C=O) groups excluding carboxylic acids is 1. The van der Waals surface area contributed by atoms with E-state index < -0.39 is 22.5 Å². The number of halogens is 1. The molecule has 0 fully saturated rings. The lowest BCUT2D eigenvalue weighted by Gasteiger charge is -2.19. The molecule has 1 aliphatic rings. The maximum absolute atomic E-state index is 12.1. The van der Waals surface area contributed by atoms with Crippen LogP contribution in [0.3, 0.4) is 0 Å². The van der Waals surface area contributed by atoms with Crippen LogP contribution >= 0.6 is 11.6 Å². The Bertz CT molecular complexity index is 884. The molecule has 1 heterocycles. The van der Waals surface area contributed by atoms with Gasteiger partial charge in [-0.05, 0) is 36.4 Å². The van der Waals surface area contributed by atoms with Gasteiger partial charge in [0.25, 0.3) is 0 Å². The van der Waals surface area contributed by atoms with E-state index in [1.165, 1.54) is 24.3 Å². The highest BCUT2D eigenvalue weighted by Gasteiger charge is 2.16. The lowest BCUT2D eigenvalue weighted by molar-refractivity contribution is -0.115. The Hall–Kier alpha value is -2.29. The second-order valence-corrected chi connectivity index (χ2v) is 7.39. The van der Waals surface area contributed by atoms with Gasteiger partial charge in [-0.1, -0.05) is 11.6 Å². The minimum atomic E-state index is -3.79. The molecule has 0 saturated heterocycles. The van der Waals surface area contributed by atoms with Crippen molar-refractivity contribution < 1.29 is 22.7 Å². The zero-order chi connectivity index (χ0) is 17.9. The van der Waals surface area contributed by atoms with Crippen LogP contribution in [0.2, 0.25) is 5.02 Å². The maximum Gasteiger partial charge on any atom is 0.241 e. The molecule has 132 valence electrons. The molecule has 0 unspecified atom stereocenters. The van der Waals surface area contributed by atoms with Gasteiger partial charge < -0.3 is 14.8 Å². The van der Waals surface area contributed by atoms with Crippen molar-refractivity contribution in [2.45, 2.75) is 4.90 Å². The zero-order valence-electron chi connectivity index (χ0n) is 13.0. The van der Waals surface area contributed by atoms with Gasteiger partial charge in [0.2, 0.25) is 15.9 Å². The minimum absolute atomic E-state index is 0.0315. The smallest absolute Gasteiger partial charge is 0.241 e. The number of carbonyl (C=O) groups is 1. The number of hydrogen-bond acceptors (Lipinski definition) is 5. The lowest BCUT2D eigenvalue weighted by Crippen LogP contribution is -2.32. The number of fused-ring (bicyclic) bond motifs is 1. The normalized spacial score (nSPS) is 13.3. The van der Waals surface area contributed by atoms with E-state index in [0.29, 0.717) is 35.4 Å². The first-order valence-electron chi connectivity index (χ1n) is 7.39. The quantitative estimate of drug-likeness (QED) is 0.825. The van der Waals surface area contributed by atoms with Crippen LogP contribution in [-0.2, 0) is 14.8 Å². The van der Waals surface area contributed by atoms with Crippen molar-refractivity contribution in [3.63, 3.8) is 0 Å². The third kappa shape index (κ3) is 4.41. The van der Waals surface area contributed by atoms with Crippen LogP contribution in [0.25, 0.3) is 0 Å². The third-order valence-corrected chi connectivity index (χ3v) is 5.04. The highest BCUT2D eigenvalue weighted by Crippen LogP contribution is 2.32. The minimum Gasteiger partial charge on any atom is -0.486 e. The van der Waals surface area contributed by atoms with Gasteiger partial charge in [0.05, 0.1) is 11.4 Å². The molecular formula is C16H15ClN2O5S. The first kappa shape index (κ1) is 17.5. The number of anilines is 1. The molecule has 0 aliphatic carbocycles. The predicted octanol–water partition coefficient (Wildman–Crippen LogP) is 2.03. The van der Waals surface area contributed by atoms with E-state index in [4.69, 9.17) is 21.1 Å². The fraction of sp³-hybridized carbons (Fsp3) is 0.188. The average Bonchev–Trinajstić information content (AvgIpc) is 2.60. The van der Waals surface area contributed by atoms with Crippen LogP contribution in [0.4, 0.5) is 5.69 Å². The number of ether oxygens (including phenoxy) is 2.